The number of halogens is 1. The summed E-state index contributed by atoms with van der Waals surface area (Å²) in [4.78, 5) is 4.65. The Bertz CT molecular complexity index is 812. The van der Waals surface area contributed by atoms with Gasteiger partial charge in [0, 0.05) is 51.0 Å². The molecule has 4 rings (SSSR count). The van der Waals surface area contributed by atoms with E-state index in [1.807, 2.05) is 0 Å². The molecule has 0 aliphatic carbocycles. The summed E-state index contributed by atoms with van der Waals surface area (Å²) in [5.41, 5.74) is 1.02. The van der Waals surface area contributed by atoms with E-state index in [2.05, 4.69) is 19.5 Å². The Morgan fingerprint density at radius 2 is 1.76 bits per heavy atom. The fraction of sp³-hybridized carbons (Fsp3) is 0.438. The number of aromatic nitrogens is 1. The van der Waals surface area contributed by atoms with Crippen LogP contribution in [0.2, 0.25) is 0 Å². The van der Waals surface area contributed by atoms with E-state index < -0.39 is 10.0 Å². The van der Waals surface area contributed by atoms with Crippen molar-refractivity contribution in [1.29, 1.82) is 0 Å². The molecular weight excluding hydrogens is 347 g/mol. The van der Waals surface area contributed by atoms with Gasteiger partial charge in [-0.3, -0.25) is 4.90 Å². The molecule has 0 atom stereocenters. The molecule has 0 unspecified atom stereocenters. The van der Waals surface area contributed by atoms with E-state index in [9.17, 15) is 12.8 Å². The number of benzene rings is 1. The first-order valence-electron chi connectivity index (χ1n) is 8.18. The third-order valence-corrected chi connectivity index (χ3v) is 6.67. The lowest BCUT2D eigenvalue weighted by molar-refractivity contribution is 0.0828. The zero-order valence-electron chi connectivity index (χ0n) is 13.6. The summed E-state index contributed by atoms with van der Waals surface area (Å²) in [6, 6.07) is 6.77. The van der Waals surface area contributed by atoms with Gasteiger partial charge in [-0.1, -0.05) is 5.16 Å². The van der Waals surface area contributed by atoms with Gasteiger partial charge in [0.25, 0.3) is 0 Å². The monoisotopic (exact) mass is 366 g/mol. The molecule has 25 heavy (non-hydrogen) atoms. The summed E-state index contributed by atoms with van der Waals surface area (Å²) < 4.78 is 43.8. The minimum Gasteiger partial charge on any atom is -0.369 e. The highest BCUT2D eigenvalue weighted by Gasteiger charge is 2.40. The molecular formula is C16H19FN4O3S. The fourth-order valence-corrected chi connectivity index (χ4v) is 4.69. The van der Waals surface area contributed by atoms with Gasteiger partial charge < -0.3 is 9.42 Å². The van der Waals surface area contributed by atoms with Gasteiger partial charge in [0.2, 0.25) is 10.0 Å². The average molecular weight is 366 g/mol. The lowest BCUT2D eigenvalue weighted by Crippen LogP contribution is -2.64. The van der Waals surface area contributed by atoms with E-state index in [1.54, 1.807) is 12.1 Å². The number of piperazine rings is 1. The van der Waals surface area contributed by atoms with Crippen molar-refractivity contribution in [3.63, 3.8) is 0 Å². The first-order valence-corrected chi connectivity index (χ1v) is 9.62. The van der Waals surface area contributed by atoms with Crippen LogP contribution in [-0.2, 0) is 10.0 Å². The molecule has 2 fully saturated rings. The van der Waals surface area contributed by atoms with Crippen LogP contribution < -0.4 is 4.90 Å². The molecule has 7 nitrogen and oxygen atoms in total. The predicted octanol–water partition coefficient (Wildman–Crippen LogP) is 1.01. The summed E-state index contributed by atoms with van der Waals surface area (Å²) in [6.45, 7) is 4.40. The maximum Gasteiger partial charge on any atom is 0.248 e. The smallest absolute Gasteiger partial charge is 0.248 e. The minimum absolute atomic E-state index is 0.104. The Labute approximate surface area is 145 Å². The standard InChI is InChI=1S/C16H19FN4O3S/c17-13-1-3-14(4-2-13)19-5-7-20(8-6-19)15-10-21(11-15)25(22,23)16-9-18-24-12-16/h1-4,9,12,15H,5-8,10-11H2. The Hall–Kier alpha value is -1.97. The van der Waals surface area contributed by atoms with E-state index in [1.165, 1.54) is 22.6 Å². The van der Waals surface area contributed by atoms with Crippen molar-refractivity contribution in [2.45, 2.75) is 10.9 Å². The number of anilines is 1. The molecule has 2 aromatic rings. The molecule has 3 heterocycles. The number of rotatable bonds is 4. The zero-order valence-corrected chi connectivity index (χ0v) is 14.4. The van der Waals surface area contributed by atoms with Crippen LogP contribution >= 0.6 is 0 Å². The molecule has 0 saturated carbocycles. The Kier molecular flexibility index (Phi) is 4.22. The molecule has 2 saturated heterocycles. The van der Waals surface area contributed by atoms with Gasteiger partial charge in [0.15, 0.2) is 0 Å². The number of nitrogens with zero attached hydrogens (tertiary/aromatic N) is 4. The molecule has 2 aliphatic rings. The van der Waals surface area contributed by atoms with E-state index in [0.717, 1.165) is 38.1 Å². The summed E-state index contributed by atoms with van der Waals surface area (Å²) in [6.07, 6.45) is 2.38. The molecule has 0 amide bonds. The Morgan fingerprint density at radius 1 is 1.08 bits per heavy atom. The maximum absolute atomic E-state index is 13.0. The topological polar surface area (TPSA) is 69.9 Å². The number of hydrogen-bond acceptors (Lipinski definition) is 6. The van der Waals surface area contributed by atoms with Crippen molar-refractivity contribution in [2.75, 3.05) is 44.2 Å². The lowest BCUT2D eigenvalue weighted by Gasteiger charge is -2.47. The van der Waals surface area contributed by atoms with Crippen LogP contribution in [0.15, 0.2) is 46.1 Å². The van der Waals surface area contributed by atoms with Crippen LogP contribution in [0.25, 0.3) is 0 Å². The summed E-state index contributed by atoms with van der Waals surface area (Å²) in [5, 5.41) is 3.46. The van der Waals surface area contributed by atoms with Gasteiger partial charge in [-0.05, 0) is 24.3 Å². The first kappa shape index (κ1) is 16.5. The molecule has 0 bridgehead atoms. The normalized spacial score (nSPS) is 20.6. The van der Waals surface area contributed by atoms with Crippen LogP contribution in [0, 0.1) is 5.82 Å². The molecule has 1 aromatic heterocycles. The van der Waals surface area contributed by atoms with Crippen molar-refractivity contribution in [3.05, 3.63) is 42.5 Å². The molecule has 0 spiro atoms. The predicted molar refractivity (Wildman–Crippen MR) is 89.2 cm³/mol. The SMILES string of the molecule is O=S(=O)(c1cnoc1)N1CC(N2CCN(c3ccc(F)cc3)CC2)C1. The van der Waals surface area contributed by atoms with Gasteiger partial charge in [-0.25, -0.2) is 12.8 Å². The van der Waals surface area contributed by atoms with Crippen LogP contribution in [0.1, 0.15) is 0 Å². The van der Waals surface area contributed by atoms with E-state index >= 15 is 0 Å². The summed E-state index contributed by atoms with van der Waals surface area (Å²) in [5.74, 6) is -0.231. The van der Waals surface area contributed by atoms with Gasteiger partial charge in [0.1, 0.15) is 17.0 Å². The van der Waals surface area contributed by atoms with Gasteiger partial charge in [-0.2, -0.15) is 4.31 Å². The second-order valence-corrected chi connectivity index (χ2v) is 8.27. The van der Waals surface area contributed by atoms with Crippen LogP contribution in [0.3, 0.4) is 0 Å². The molecule has 0 N–H and O–H groups in total. The summed E-state index contributed by atoms with van der Waals surface area (Å²) >= 11 is 0. The quantitative estimate of drug-likeness (QED) is 0.804. The Morgan fingerprint density at radius 3 is 2.36 bits per heavy atom. The zero-order chi connectivity index (χ0) is 17.4. The van der Waals surface area contributed by atoms with Crippen molar-refractivity contribution in [3.8, 4) is 0 Å². The van der Waals surface area contributed by atoms with Gasteiger partial charge in [-0.15, -0.1) is 0 Å². The highest BCUT2D eigenvalue weighted by Crippen LogP contribution is 2.25. The lowest BCUT2D eigenvalue weighted by atomic mass is 10.1. The molecule has 9 heteroatoms. The molecule has 1 aromatic carbocycles. The second-order valence-electron chi connectivity index (χ2n) is 6.34. The Balaban J connectivity index is 1.31. The highest BCUT2D eigenvalue weighted by atomic mass is 32.2. The van der Waals surface area contributed by atoms with Crippen molar-refractivity contribution < 1.29 is 17.3 Å². The third kappa shape index (κ3) is 3.14. The van der Waals surface area contributed by atoms with Gasteiger partial charge >= 0.3 is 0 Å². The number of hydrogen-bond donors (Lipinski definition) is 0. The van der Waals surface area contributed by atoms with Crippen molar-refractivity contribution in [1.82, 2.24) is 14.4 Å². The highest BCUT2D eigenvalue weighted by molar-refractivity contribution is 7.89. The number of sulfonamides is 1. The van der Waals surface area contributed by atoms with E-state index in [-0.39, 0.29) is 16.8 Å². The summed E-state index contributed by atoms with van der Waals surface area (Å²) in [7, 11) is -3.48. The first-order chi connectivity index (χ1) is 12.0. The van der Waals surface area contributed by atoms with Crippen LogP contribution in [0.4, 0.5) is 10.1 Å². The third-order valence-electron chi connectivity index (χ3n) is 4.90. The largest absolute Gasteiger partial charge is 0.369 e. The maximum atomic E-state index is 13.0. The average Bonchev–Trinajstić information content (AvgIpc) is 3.10. The van der Waals surface area contributed by atoms with Crippen LogP contribution in [0.5, 0.6) is 0 Å². The molecule has 2 aliphatic heterocycles. The fourth-order valence-electron chi connectivity index (χ4n) is 3.31. The van der Waals surface area contributed by atoms with Crippen molar-refractivity contribution in [2.24, 2.45) is 0 Å². The van der Waals surface area contributed by atoms with E-state index in [0.29, 0.717) is 13.1 Å². The van der Waals surface area contributed by atoms with Crippen LogP contribution in [-0.4, -0.2) is 68.1 Å². The van der Waals surface area contributed by atoms with Crippen molar-refractivity contribution >= 4 is 15.7 Å². The molecule has 0 radical (unpaired) electrons. The second kappa shape index (κ2) is 6.40. The van der Waals surface area contributed by atoms with Gasteiger partial charge in [0.05, 0.1) is 6.20 Å². The minimum atomic E-state index is -3.48. The molecule has 134 valence electrons. The van der Waals surface area contributed by atoms with E-state index in [4.69, 9.17) is 0 Å².